The predicted molar refractivity (Wildman–Crippen MR) is 132 cm³/mol. The van der Waals surface area contributed by atoms with E-state index in [1.54, 1.807) is 21.3 Å². The van der Waals surface area contributed by atoms with Crippen LogP contribution in [-0.4, -0.2) is 51.8 Å². The number of hydrogen-bond acceptors (Lipinski definition) is 5. The lowest BCUT2D eigenvalue weighted by Gasteiger charge is -2.32. The Morgan fingerprint density at radius 3 is 2.55 bits per heavy atom. The Hall–Kier alpha value is -1.52. The molecular weight excluding hydrogens is 499 g/mol. The molecule has 1 fully saturated rings. The Morgan fingerprint density at radius 2 is 1.93 bits per heavy atom. The first-order valence-electron chi connectivity index (χ1n) is 9.66. The molecular formula is C21H31IN4O2S. The van der Waals surface area contributed by atoms with Crippen LogP contribution >= 0.6 is 35.3 Å². The number of halogens is 1. The van der Waals surface area contributed by atoms with Gasteiger partial charge in [-0.3, -0.25) is 9.89 Å². The monoisotopic (exact) mass is 530 g/mol. The molecule has 1 aliphatic rings. The highest BCUT2D eigenvalue weighted by atomic mass is 127. The lowest BCUT2D eigenvalue weighted by atomic mass is 9.97. The van der Waals surface area contributed by atoms with Gasteiger partial charge in [0.2, 0.25) is 0 Å². The molecule has 2 aromatic rings. The smallest absolute Gasteiger partial charge is 0.195 e. The maximum absolute atomic E-state index is 5.37. The molecule has 6 nitrogen and oxygen atoms in total. The Kier molecular flexibility index (Phi) is 10.0. The van der Waals surface area contributed by atoms with Gasteiger partial charge in [-0.05, 0) is 55.4 Å². The van der Waals surface area contributed by atoms with E-state index in [9.17, 15) is 0 Å². The number of nitrogens with zero attached hydrogens (tertiary/aromatic N) is 2. The molecule has 0 bridgehead atoms. The van der Waals surface area contributed by atoms with Crippen LogP contribution in [-0.2, 0) is 6.54 Å². The number of likely N-dealkylation sites (tertiary alicyclic amines) is 1. The Labute approximate surface area is 194 Å². The molecule has 0 atom stereocenters. The standard InChI is InChI=1S/C21H30N4O2S.HI/c1-22-21(24-17-6-7-19(26-2)20(13-17)27-3)23-14-16-8-10-25(11-9-16)15-18-5-4-12-28-18;/h4-7,12-13,16H,8-11,14-15H2,1-3H3,(H2,22,23,24);1H. The summed E-state index contributed by atoms with van der Waals surface area (Å²) >= 11 is 1.85. The van der Waals surface area contributed by atoms with Crippen LogP contribution < -0.4 is 20.1 Å². The van der Waals surface area contributed by atoms with Crippen LogP contribution in [0.15, 0.2) is 40.7 Å². The number of methoxy groups -OCH3 is 2. The van der Waals surface area contributed by atoms with Crippen molar-refractivity contribution in [2.75, 3.05) is 46.2 Å². The molecule has 0 unspecified atom stereocenters. The largest absolute Gasteiger partial charge is 0.493 e. The van der Waals surface area contributed by atoms with Crippen molar-refractivity contribution in [2.24, 2.45) is 10.9 Å². The van der Waals surface area contributed by atoms with Crippen LogP contribution in [0.2, 0.25) is 0 Å². The van der Waals surface area contributed by atoms with Crippen molar-refractivity contribution in [3.05, 3.63) is 40.6 Å². The second-order valence-corrected chi connectivity index (χ2v) is 7.98. The fourth-order valence-corrected chi connectivity index (χ4v) is 4.19. The number of benzene rings is 1. The van der Waals surface area contributed by atoms with Gasteiger partial charge in [-0.2, -0.15) is 0 Å². The molecule has 0 radical (unpaired) electrons. The number of aliphatic imine (C=N–C) groups is 1. The van der Waals surface area contributed by atoms with Crippen LogP contribution in [0, 0.1) is 5.92 Å². The molecule has 1 saturated heterocycles. The second kappa shape index (κ2) is 12.2. The molecule has 8 heteroatoms. The van der Waals surface area contributed by atoms with E-state index in [1.165, 1.54) is 17.7 Å². The van der Waals surface area contributed by atoms with Gasteiger partial charge in [-0.15, -0.1) is 35.3 Å². The highest BCUT2D eigenvalue weighted by Gasteiger charge is 2.19. The van der Waals surface area contributed by atoms with Crippen molar-refractivity contribution >= 4 is 47.0 Å². The molecule has 3 rings (SSSR count). The topological polar surface area (TPSA) is 58.1 Å². The zero-order valence-electron chi connectivity index (χ0n) is 17.3. The normalized spacial score (nSPS) is 15.5. The average molecular weight is 530 g/mol. The number of nitrogens with one attached hydrogen (secondary N) is 2. The van der Waals surface area contributed by atoms with E-state index in [-0.39, 0.29) is 24.0 Å². The van der Waals surface area contributed by atoms with E-state index in [2.05, 4.69) is 38.0 Å². The van der Waals surface area contributed by atoms with Crippen molar-refractivity contribution in [1.29, 1.82) is 0 Å². The minimum Gasteiger partial charge on any atom is -0.493 e. The first-order chi connectivity index (χ1) is 13.7. The molecule has 0 saturated carbocycles. The average Bonchev–Trinajstić information content (AvgIpc) is 3.25. The Morgan fingerprint density at radius 1 is 1.17 bits per heavy atom. The summed E-state index contributed by atoms with van der Waals surface area (Å²) < 4.78 is 10.7. The lowest BCUT2D eigenvalue weighted by Crippen LogP contribution is -2.40. The van der Waals surface area contributed by atoms with Crippen molar-refractivity contribution in [2.45, 2.75) is 19.4 Å². The molecule has 1 aliphatic heterocycles. The third-order valence-corrected chi connectivity index (χ3v) is 5.96. The molecule has 0 spiro atoms. The fourth-order valence-electron chi connectivity index (χ4n) is 3.44. The first-order valence-corrected chi connectivity index (χ1v) is 10.5. The summed E-state index contributed by atoms with van der Waals surface area (Å²) in [7, 11) is 5.07. The first kappa shape index (κ1) is 23.8. The minimum absolute atomic E-state index is 0. The Bertz CT molecular complexity index is 762. The number of guanidine groups is 1. The molecule has 2 N–H and O–H groups in total. The number of anilines is 1. The summed E-state index contributed by atoms with van der Waals surface area (Å²) in [5.41, 5.74) is 0.913. The molecule has 1 aromatic carbocycles. The van der Waals surface area contributed by atoms with Crippen molar-refractivity contribution in [1.82, 2.24) is 10.2 Å². The molecule has 0 aliphatic carbocycles. The van der Waals surface area contributed by atoms with E-state index < -0.39 is 0 Å². The van der Waals surface area contributed by atoms with Crippen LogP contribution in [0.5, 0.6) is 11.5 Å². The van der Waals surface area contributed by atoms with Crippen molar-refractivity contribution in [3.63, 3.8) is 0 Å². The van der Waals surface area contributed by atoms with E-state index in [0.29, 0.717) is 17.4 Å². The lowest BCUT2D eigenvalue weighted by molar-refractivity contribution is 0.179. The van der Waals surface area contributed by atoms with Crippen LogP contribution in [0.25, 0.3) is 0 Å². The maximum atomic E-state index is 5.37. The van der Waals surface area contributed by atoms with Gasteiger partial charge in [0.05, 0.1) is 14.2 Å². The number of ether oxygens (including phenoxy) is 2. The van der Waals surface area contributed by atoms with Crippen LogP contribution in [0.3, 0.4) is 0 Å². The summed E-state index contributed by atoms with van der Waals surface area (Å²) in [6.07, 6.45) is 2.43. The van der Waals surface area contributed by atoms with Gasteiger partial charge in [0, 0.05) is 36.8 Å². The third kappa shape index (κ3) is 7.04. The summed E-state index contributed by atoms with van der Waals surface area (Å²) in [5, 5.41) is 8.95. The van der Waals surface area contributed by atoms with Crippen molar-refractivity contribution in [3.8, 4) is 11.5 Å². The maximum Gasteiger partial charge on any atom is 0.195 e. The predicted octanol–water partition coefficient (Wildman–Crippen LogP) is 4.28. The van der Waals surface area contributed by atoms with E-state index in [4.69, 9.17) is 9.47 Å². The molecule has 2 heterocycles. The van der Waals surface area contributed by atoms with Crippen LogP contribution in [0.1, 0.15) is 17.7 Å². The SMILES string of the molecule is CN=C(NCC1CCN(Cc2cccs2)CC1)Nc1ccc(OC)c(OC)c1.I. The van der Waals surface area contributed by atoms with Gasteiger partial charge < -0.3 is 20.1 Å². The Balaban J connectivity index is 0.00000300. The van der Waals surface area contributed by atoms with Gasteiger partial charge in [0.15, 0.2) is 17.5 Å². The van der Waals surface area contributed by atoms with Gasteiger partial charge in [-0.1, -0.05) is 6.07 Å². The highest BCUT2D eigenvalue weighted by molar-refractivity contribution is 14.0. The summed E-state index contributed by atoms with van der Waals surface area (Å²) in [5.74, 6) is 2.85. The fraction of sp³-hybridized carbons (Fsp3) is 0.476. The number of hydrogen-bond donors (Lipinski definition) is 2. The molecule has 1 aromatic heterocycles. The molecule has 0 amide bonds. The zero-order valence-corrected chi connectivity index (χ0v) is 20.5. The number of piperidine rings is 1. The number of thiophene rings is 1. The molecule has 29 heavy (non-hydrogen) atoms. The summed E-state index contributed by atoms with van der Waals surface area (Å²) in [6, 6.07) is 10.1. The van der Waals surface area contributed by atoms with E-state index >= 15 is 0 Å². The van der Waals surface area contributed by atoms with Gasteiger partial charge in [0.1, 0.15) is 0 Å². The summed E-state index contributed by atoms with van der Waals surface area (Å²) in [4.78, 5) is 8.35. The van der Waals surface area contributed by atoms with Crippen LogP contribution in [0.4, 0.5) is 5.69 Å². The quantitative estimate of drug-likeness (QED) is 0.318. The third-order valence-electron chi connectivity index (χ3n) is 5.09. The van der Waals surface area contributed by atoms with E-state index in [1.807, 2.05) is 29.5 Å². The zero-order chi connectivity index (χ0) is 19.8. The van der Waals surface area contributed by atoms with E-state index in [0.717, 1.165) is 37.8 Å². The highest BCUT2D eigenvalue weighted by Crippen LogP contribution is 2.29. The number of rotatable bonds is 7. The van der Waals surface area contributed by atoms with Crippen molar-refractivity contribution < 1.29 is 9.47 Å². The van der Waals surface area contributed by atoms with Gasteiger partial charge in [-0.25, -0.2) is 0 Å². The minimum atomic E-state index is 0. The van der Waals surface area contributed by atoms with Gasteiger partial charge >= 0.3 is 0 Å². The summed E-state index contributed by atoms with van der Waals surface area (Å²) in [6.45, 7) is 4.33. The molecule has 160 valence electrons. The second-order valence-electron chi connectivity index (χ2n) is 6.95. The van der Waals surface area contributed by atoms with Gasteiger partial charge in [0.25, 0.3) is 0 Å².